The van der Waals surface area contributed by atoms with Crippen LogP contribution in [-0.2, 0) is 4.79 Å². The standard InChI is InChI=1S/C9H11ClO2.C2H6/c1-7(6-8(2)10)4-3-5-9(11)12;1-2/h3-4,6H,2,5H2,1H3,(H,11,12);1-2H3/b4-3+,7-6-;. The van der Waals surface area contributed by atoms with Crippen LogP contribution >= 0.6 is 11.6 Å². The molecule has 1 N–H and O–H groups in total. The summed E-state index contributed by atoms with van der Waals surface area (Å²) in [6.45, 7) is 9.30. The largest absolute Gasteiger partial charge is 0.481 e. The molecule has 3 heteroatoms. The van der Waals surface area contributed by atoms with Crippen LogP contribution in [0.15, 0.2) is 35.4 Å². The maximum absolute atomic E-state index is 10.1. The minimum Gasteiger partial charge on any atom is -0.481 e. The van der Waals surface area contributed by atoms with E-state index in [0.29, 0.717) is 5.03 Å². The molecule has 0 aliphatic carbocycles. The first kappa shape index (κ1) is 15.5. The van der Waals surface area contributed by atoms with E-state index in [-0.39, 0.29) is 6.42 Å². The van der Waals surface area contributed by atoms with E-state index in [9.17, 15) is 4.79 Å². The maximum Gasteiger partial charge on any atom is 0.307 e. The minimum absolute atomic E-state index is 0.0277. The topological polar surface area (TPSA) is 37.3 Å². The molecule has 0 amide bonds. The highest BCUT2D eigenvalue weighted by Gasteiger charge is 1.89. The van der Waals surface area contributed by atoms with Crippen molar-refractivity contribution >= 4 is 17.6 Å². The van der Waals surface area contributed by atoms with Gasteiger partial charge in [-0.1, -0.05) is 44.2 Å². The lowest BCUT2D eigenvalue weighted by Gasteiger charge is -1.89. The summed E-state index contributed by atoms with van der Waals surface area (Å²) >= 11 is 5.49. The second-order valence-corrected chi connectivity index (χ2v) is 2.82. The Labute approximate surface area is 90.6 Å². The number of halogens is 1. The number of carbonyl (C=O) groups is 1. The van der Waals surface area contributed by atoms with Gasteiger partial charge in [0.05, 0.1) is 6.42 Å². The zero-order valence-corrected chi connectivity index (χ0v) is 9.64. The Kier molecular flexibility index (Phi) is 11.1. The van der Waals surface area contributed by atoms with E-state index in [1.165, 1.54) is 0 Å². The van der Waals surface area contributed by atoms with Crippen LogP contribution in [0.3, 0.4) is 0 Å². The van der Waals surface area contributed by atoms with Crippen LogP contribution in [0, 0.1) is 0 Å². The molecular formula is C11H17ClO2. The highest BCUT2D eigenvalue weighted by molar-refractivity contribution is 6.30. The number of hydrogen-bond donors (Lipinski definition) is 1. The van der Waals surface area contributed by atoms with Crippen molar-refractivity contribution in [3.63, 3.8) is 0 Å². The number of carboxylic acid groups (broad SMARTS) is 1. The normalized spacial score (nSPS) is 10.7. The number of allylic oxidation sites excluding steroid dienone is 4. The van der Waals surface area contributed by atoms with Gasteiger partial charge in [-0.05, 0) is 18.6 Å². The van der Waals surface area contributed by atoms with E-state index in [1.807, 2.05) is 20.8 Å². The molecule has 2 nitrogen and oxygen atoms in total. The Bertz CT molecular complexity index is 240. The molecule has 0 spiro atoms. The van der Waals surface area contributed by atoms with Crippen LogP contribution in [0.2, 0.25) is 0 Å². The summed E-state index contributed by atoms with van der Waals surface area (Å²) in [4.78, 5) is 10.1. The van der Waals surface area contributed by atoms with Crippen molar-refractivity contribution in [3.05, 3.63) is 35.4 Å². The molecule has 0 aliphatic heterocycles. The average molecular weight is 217 g/mol. The molecule has 0 aliphatic rings. The molecule has 0 rings (SSSR count). The minimum atomic E-state index is -0.844. The van der Waals surface area contributed by atoms with Gasteiger partial charge in [-0.25, -0.2) is 0 Å². The fraction of sp³-hybridized carbons (Fsp3) is 0.364. The van der Waals surface area contributed by atoms with Crippen LogP contribution in [0.5, 0.6) is 0 Å². The highest BCUT2D eigenvalue weighted by Crippen LogP contribution is 2.05. The smallest absolute Gasteiger partial charge is 0.307 e. The van der Waals surface area contributed by atoms with Gasteiger partial charge in [0.2, 0.25) is 0 Å². The second-order valence-electron chi connectivity index (χ2n) is 2.34. The van der Waals surface area contributed by atoms with E-state index in [0.717, 1.165) is 5.57 Å². The van der Waals surface area contributed by atoms with Gasteiger partial charge in [-0.3, -0.25) is 4.79 Å². The summed E-state index contributed by atoms with van der Waals surface area (Å²) in [5.74, 6) is -0.844. The first-order valence-corrected chi connectivity index (χ1v) is 4.81. The molecule has 0 radical (unpaired) electrons. The molecule has 14 heavy (non-hydrogen) atoms. The fourth-order valence-electron chi connectivity index (χ4n) is 0.641. The lowest BCUT2D eigenvalue weighted by Crippen LogP contribution is -1.89. The molecule has 0 aromatic carbocycles. The van der Waals surface area contributed by atoms with Crippen molar-refractivity contribution in [3.8, 4) is 0 Å². The van der Waals surface area contributed by atoms with Gasteiger partial charge in [0.25, 0.3) is 0 Å². The van der Waals surface area contributed by atoms with E-state index in [1.54, 1.807) is 18.2 Å². The lowest BCUT2D eigenvalue weighted by atomic mass is 10.2. The number of aliphatic carboxylic acids is 1. The summed E-state index contributed by atoms with van der Waals surface area (Å²) in [6.07, 6.45) is 4.95. The van der Waals surface area contributed by atoms with Crippen molar-refractivity contribution in [2.45, 2.75) is 27.2 Å². The first-order chi connectivity index (χ1) is 6.52. The molecule has 0 aromatic heterocycles. The predicted molar refractivity (Wildman–Crippen MR) is 61.5 cm³/mol. The molecule has 0 bridgehead atoms. The van der Waals surface area contributed by atoms with E-state index in [4.69, 9.17) is 16.7 Å². The molecule has 0 unspecified atom stereocenters. The SMILES string of the molecule is C=C(Cl)/C=C(C)\C=C\CC(=O)O.CC. The van der Waals surface area contributed by atoms with Gasteiger partial charge in [-0.15, -0.1) is 0 Å². The van der Waals surface area contributed by atoms with Crippen molar-refractivity contribution in [2.75, 3.05) is 0 Å². The molecule has 0 heterocycles. The molecule has 80 valence electrons. The summed E-state index contributed by atoms with van der Waals surface area (Å²) < 4.78 is 0. The lowest BCUT2D eigenvalue weighted by molar-refractivity contribution is -0.135. The average Bonchev–Trinajstić information content (AvgIpc) is 2.05. The van der Waals surface area contributed by atoms with Crippen molar-refractivity contribution in [2.24, 2.45) is 0 Å². The van der Waals surface area contributed by atoms with Crippen LogP contribution in [0.25, 0.3) is 0 Å². The van der Waals surface area contributed by atoms with Gasteiger partial charge < -0.3 is 5.11 Å². The maximum atomic E-state index is 10.1. The van der Waals surface area contributed by atoms with Crippen LogP contribution in [0.1, 0.15) is 27.2 Å². The van der Waals surface area contributed by atoms with Crippen molar-refractivity contribution in [1.82, 2.24) is 0 Å². The summed E-state index contributed by atoms with van der Waals surface area (Å²) in [5, 5.41) is 8.73. The molecular weight excluding hydrogens is 200 g/mol. The van der Waals surface area contributed by atoms with Crippen LogP contribution in [0.4, 0.5) is 0 Å². The van der Waals surface area contributed by atoms with Gasteiger partial charge in [-0.2, -0.15) is 0 Å². The molecule has 0 saturated carbocycles. The summed E-state index contributed by atoms with van der Waals surface area (Å²) in [7, 11) is 0. The third kappa shape index (κ3) is 13.6. The number of hydrogen-bond acceptors (Lipinski definition) is 1. The first-order valence-electron chi connectivity index (χ1n) is 4.43. The van der Waals surface area contributed by atoms with Crippen molar-refractivity contribution in [1.29, 1.82) is 0 Å². The Morgan fingerprint density at radius 1 is 1.50 bits per heavy atom. The van der Waals surface area contributed by atoms with Crippen molar-refractivity contribution < 1.29 is 9.90 Å². The Morgan fingerprint density at radius 2 is 2.00 bits per heavy atom. The Hall–Kier alpha value is -1.02. The zero-order chi connectivity index (χ0) is 11.6. The zero-order valence-electron chi connectivity index (χ0n) is 8.88. The monoisotopic (exact) mass is 216 g/mol. The Balaban J connectivity index is 0. The van der Waals surface area contributed by atoms with E-state index >= 15 is 0 Å². The third-order valence-corrected chi connectivity index (χ3v) is 1.17. The quantitative estimate of drug-likeness (QED) is 0.727. The Morgan fingerprint density at radius 3 is 2.36 bits per heavy atom. The molecule has 0 saturated heterocycles. The third-order valence-electron chi connectivity index (χ3n) is 1.06. The van der Waals surface area contributed by atoms with Gasteiger partial charge >= 0.3 is 5.97 Å². The number of carboxylic acids is 1. The second kappa shape index (κ2) is 10.1. The number of rotatable bonds is 4. The van der Waals surface area contributed by atoms with Crippen LogP contribution < -0.4 is 0 Å². The van der Waals surface area contributed by atoms with Gasteiger partial charge in [0.15, 0.2) is 0 Å². The van der Waals surface area contributed by atoms with Crippen LogP contribution in [-0.4, -0.2) is 11.1 Å². The summed E-state index contributed by atoms with van der Waals surface area (Å²) in [6, 6.07) is 0. The molecule has 0 fully saturated rings. The van der Waals surface area contributed by atoms with E-state index in [2.05, 4.69) is 6.58 Å². The van der Waals surface area contributed by atoms with Gasteiger partial charge in [0.1, 0.15) is 0 Å². The highest BCUT2D eigenvalue weighted by atomic mass is 35.5. The summed E-state index contributed by atoms with van der Waals surface area (Å²) in [5.41, 5.74) is 0.885. The van der Waals surface area contributed by atoms with E-state index < -0.39 is 5.97 Å². The predicted octanol–water partition coefficient (Wildman–Crippen LogP) is 3.74. The molecule has 0 atom stereocenters. The van der Waals surface area contributed by atoms with Gasteiger partial charge in [0, 0.05) is 5.03 Å². The fourth-order valence-corrected chi connectivity index (χ4v) is 0.813. The molecule has 0 aromatic rings.